The van der Waals surface area contributed by atoms with E-state index in [1.807, 2.05) is 39.0 Å². The van der Waals surface area contributed by atoms with Crippen LogP contribution in [0.1, 0.15) is 37.8 Å². The van der Waals surface area contributed by atoms with Crippen molar-refractivity contribution in [3.8, 4) is 12.3 Å². The molecule has 1 N–H and O–H groups in total. The van der Waals surface area contributed by atoms with Crippen LogP contribution in [-0.4, -0.2) is 39.7 Å². The molecule has 0 aliphatic carbocycles. The quantitative estimate of drug-likeness (QED) is 0.617. The van der Waals surface area contributed by atoms with Crippen LogP contribution >= 0.6 is 0 Å². The van der Waals surface area contributed by atoms with E-state index in [-0.39, 0.29) is 23.3 Å². The first-order valence-corrected chi connectivity index (χ1v) is 10.00. The lowest BCUT2D eigenvalue weighted by atomic mass is 9.91. The largest absolute Gasteiger partial charge is 0.444 e. The third kappa shape index (κ3) is 4.29. The average molecular weight is 418 g/mol. The number of carbonyl (C=O) groups excluding carboxylic acids is 1. The lowest BCUT2D eigenvalue weighted by Gasteiger charge is -2.40. The van der Waals surface area contributed by atoms with E-state index in [9.17, 15) is 9.18 Å². The monoisotopic (exact) mass is 418 g/mol. The Balaban J connectivity index is 1.56. The Bertz CT molecular complexity index is 1190. The van der Waals surface area contributed by atoms with Gasteiger partial charge in [-0.1, -0.05) is 18.1 Å². The van der Waals surface area contributed by atoms with Crippen molar-refractivity contribution in [3.05, 3.63) is 59.7 Å². The van der Waals surface area contributed by atoms with E-state index in [0.29, 0.717) is 18.9 Å². The Kier molecular flexibility index (Phi) is 5.24. The number of carbonyl (C=O) groups is 1. The van der Waals surface area contributed by atoms with Crippen molar-refractivity contribution < 1.29 is 13.9 Å². The predicted molar refractivity (Wildman–Crippen MR) is 118 cm³/mol. The summed E-state index contributed by atoms with van der Waals surface area (Å²) in [4.78, 5) is 22.5. The number of amides is 1. The number of halogens is 1. The molecule has 158 valence electrons. The van der Waals surface area contributed by atoms with Crippen molar-refractivity contribution in [1.29, 1.82) is 0 Å². The highest BCUT2D eigenvalue weighted by molar-refractivity contribution is 5.91. The van der Waals surface area contributed by atoms with Gasteiger partial charge in [-0.25, -0.2) is 19.2 Å². The maximum atomic E-state index is 14.6. The van der Waals surface area contributed by atoms with E-state index in [1.165, 1.54) is 6.33 Å². The molecule has 1 fully saturated rings. The molecule has 1 aromatic heterocycles. The lowest BCUT2D eigenvalue weighted by molar-refractivity contribution is 0.00820. The van der Waals surface area contributed by atoms with Gasteiger partial charge in [0, 0.05) is 24.4 Å². The number of anilines is 2. The van der Waals surface area contributed by atoms with E-state index in [1.54, 1.807) is 23.1 Å². The molecule has 0 radical (unpaired) electrons. The van der Waals surface area contributed by atoms with Gasteiger partial charge in [-0.05, 0) is 50.6 Å². The summed E-state index contributed by atoms with van der Waals surface area (Å²) in [7, 11) is 0. The van der Waals surface area contributed by atoms with Crippen LogP contribution in [0.4, 0.5) is 20.7 Å². The first-order valence-electron chi connectivity index (χ1n) is 10.00. The number of benzene rings is 2. The lowest BCUT2D eigenvalue weighted by Crippen LogP contribution is -2.50. The molecule has 0 spiro atoms. The molecule has 4 rings (SSSR count). The normalized spacial score (nSPS) is 14.1. The van der Waals surface area contributed by atoms with Crippen LogP contribution in [0.5, 0.6) is 0 Å². The van der Waals surface area contributed by atoms with Gasteiger partial charge in [0.15, 0.2) is 5.82 Å². The Morgan fingerprint density at radius 2 is 2.03 bits per heavy atom. The van der Waals surface area contributed by atoms with Gasteiger partial charge in [-0.3, -0.25) is 0 Å². The fourth-order valence-corrected chi connectivity index (χ4v) is 3.46. The average Bonchev–Trinajstić information content (AvgIpc) is 2.67. The summed E-state index contributed by atoms with van der Waals surface area (Å²) in [6, 6.07) is 10.7. The van der Waals surface area contributed by atoms with Crippen LogP contribution in [0.15, 0.2) is 42.7 Å². The van der Waals surface area contributed by atoms with Crippen molar-refractivity contribution in [2.45, 2.75) is 32.3 Å². The number of likely N-dealkylation sites (tertiary alicyclic amines) is 1. The number of terminal acetylenes is 1. The molecule has 1 aliphatic heterocycles. The minimum Gasteiger partial charge on any atom is -0.444 e. The van der Waals surface area contributed by atoms with Crippen molar-refractivity contribution in [3.63, 3.8) is 0 Å². The number of hydrogen-bond acceptors (Lipinski definition) is 5. The zero-order chi connectivity index (χ0) is 22.2. The fraction of sp³-hybridized carbons (Fsp3) is 0.292. The second kappa shape index (κ2) is 7.88. The molecule has 6 nitrogen and oxygen atoms in total. The highest BCUT2D eigenvalue weighted by Crippen LogP contribution is 2.32. The number of ether oxygens (including phenoxy) is 1. The number of hydrogen-bond donors (Lipinski definition) is 1. The second-order valence-electron chi connectivity index (χ2n) is 8.52. The standard InChI is InChI=1S/C24H23FN4O2/c1-5-15-7-6-8-20(21(15)25)28-22-18-11-16(9-10-19(18)26-14-27-22)17-12-29(13-17)23(30)31-24(2,3)4/h1,6-11,14,17H,12-13H2,2-4H3,(H,26,27,28). The molecule has 1 amide bonds. The minimum absolute atomic E-state index is 0.181. The molecule has 2 aromatic carbocycles. The maximum absolute atomic E-state index is 14.6. The smallest absolute Gasteiger partial charge is 0.410 e. The third-order valence-corrected chi connectivity index (χ3v) is 5.07. The molecule has 1 saturated heterocycles. The SMILES string of the molecule is C#Cc1cccc(Nc2ncnc3ccc(C4CN(C(=O)OC(C)(C)C)C4)cc23)c1F. The summed E-state index contributed by atoms with van der Waals surface area (Å²) in [6.07, 6.45) is 6.49. The topological polar surface area (TPSA) is 67.4 Å². The summed E-state index contributed by atoms with van der Waals surface area (Å²) >= 11 is 0. The first-order chi connectivity index (χ1) is 14.7. The summed E-state index contributed by atoms with van der Waals surface area (Å²) in [6.45, 7) is 6.71. The molecule has 3 aromatic rings. The van der Waals surface area contributed by atoms with Crippen LogP contribution in [0.3, 0.4) is 0 Å². The highest BCUT2D eigenvalue weighted by Gasteiger charge is 2.34. The predicted octanol–water partition coefficient (Wildman–Crippen LogP) is 4.83. The van der Waals surface area contributed by atoms with E-state index in [0.717, 1.165) is 16.5 Å². The minimum atomic E-state index is -0.519. The fourth-order valence-electron chi connectivity index (χ4n) is 3.46. The van der Waals surface area contributed by atoms with Gasteiger partial charge in [0.25, 0.3) is 0 Å². The van der Waals surface area contributed by atoms with Gasteiger partial charge in [0.1, 0.15) is 17.7 Å². The maximum Gasteiger partial charge on any atom is 0.410 e. The van der Waals surface area contributed by atoms with Gasteiger partial charge in [-0.15, -0.1) is 6.42 Å². The Labute approximate surface area is 180 Å². The van der Waals surface area contributed by atoms with Crippen LogP contribution < -0.4 is 5.32 Å². The Morgan fingerprint density at radius 1 is 1.26 bits per heavy atom. The Hall–Kier alpha value is -3.66. The van der Waals surface area contributed by atoms with E-state index in [4.69, 9.17) is 11.2 Å². The zero-order valence-corrected chi connectivity index (χ0v) is 17.6. The van der Waals surface area contributed by atoms with E-state index < -0.39 is 11.4 Å². The van der Waals surface area contributed by atoms with Crippen LogP contribution in [0.25, 0.3) is 10.9 Å². The second-order valence-corrected chi connectivity index (χ2v) is 8.52. The van der Waals surface area contributed by atoms with Crippen molar-refractivity contribution >= 4 is 28.5 Å². The molecule has 2 heterocycles. The van der Waals surface area contributed by atoms with Crippen molar-refractivity contribution in [1.82, 2.24) is 14.9 Å². The van der Waals surface area contributed by atoms with Crippen LogP contribution in [0.2, 0.25) is 0 Å². The van der Waals surface area contributed by atoms with Gasteiger partial charge < -0.3 is 15.0 Å². The van der Waals surface area contributed by atoms with Gasteiger partial charge in [0.05, 0.1) is 16.8 Å². The summed E-state index contributed by atoms with van der Waals surface area (Å²) in [5.74, 6) is 2.51. The third-order valence-electron chi connectivity index (χ3n) is 5.07. The summed E-state index contributed by atoms with van der Waals surface area (Å²) < 4.78 is 20.0. The number of fused-ring (bicyclic) bond motifs is 1. The summed E-state index contributed by atoms with van der Waals surface area (Å²) in [5.41, 5.74) is 1.71. The van der Waals surface area contributed by atoms with Gasteiger partial charge >= 0.3 is 6.09 Å². The number of aromatic nitrogens is 2. The van der Waals surface area contributed by atoms with Crippen LogP contribution in [0, 0.1) is 18.2 Å². The van der Waals surface area contributed by atoms with Crippen LogP contribution in [-0.2, 0) is 4.74 Å². The molecule has 0 unspecified atom stereocenters. The molecule has 1 aliphatic rings. The molecule has 7 heteroatoms. The number of nitrogens with zero attached hydrogens (tertiary/aromatic N) is 3. The van der Waals surface area contributed by atoms with E-state index >= 15 is 0 Å². The number of nitrogens with one attached hydrogen (secondary N) is 1. The van der Waals surface area contributed by atoms with E-state index in [2.05, 4.69) is 21.2 Å². The highest BCUT2D eigenvalue weighted by atomic mass is 19.1. The van der Waals surface area contributed by atoms with Crippen molar-refractivity contribution in [2.75, 3.05) is 18.4 Å². The molecule has 0 atom stereocenters. The first kappa shape index (κ1) is 20.6. The van der Waals surface area contributed by atoms with Crippen molar-refractivity contribution in [2.24, 2.45) is 0 Å². The molecule has 0 saturated carbocycles. The molecule has 31 heavy (non-hydrogen) atoms. The molecular formula is C24H23FN4O2. The number of rotatable bonds is 3. The van der Waals surface area contributed by atoms with Gasteiger partial charge in [0.2, 0.25) is 0 Å². The Morgan fingerprint density at radius 3 is 2.74 bits per heavy atom. The zero-order valence-electron chi connectivity index (χ0n) is 17.6. The molecule has 0 bridgehead atoms. The molecular weight excluding hydrogens is 395 g/mol. The summed E-state index contributed by atoms with van der Waals surface area (Å²) in [5, 5.41) is 3.80. The van der Waals surface area contributed by atoms with Gasteiger partial charge in [-0.2, -0.15) is 0 Å².